The smallest absolute Gasteiger partial charge is 0.202 e. The molecule has 0 saturated carbocycles. The summed E-state index contributed by atoms with van der Waals surface area (Å²) in [6.45, 7) is 7.66. The predicted octanol–water partition coefficient (Wildman–Crippen LogP) is 2.70. The van der Waals surface area contributed by atoms with Crippen molar-refractivity contribution in [1.29, 1.82) is 0 Å². The van der Waals surface area contributed by atoms with Crippen molar-refractivity contribution in [2.24, 2.45) is 5.41 Å². The Labute approximate surface area is 108 Å². The molecule has 0 aliphatic rings. The normalized spacial score (nSPS) is 11.8. The number of hydrogen-bond donors (Lipinski definition) is 2. The van der Waals surface area contributed by atoms with E-state index >= 15 is 0 Å². The van der Waals surface area contributed by atoms with Gasteiger partial charge in [0, 0.05) is 31.1 Å². The van der Waals surface area contributed by atoms with Gasteiger partial charge in [0.05, 0.1) is 0 Å². The Morgan fingerprint density at radius 2 is 2.18 bits per heavy atom. The lowest BCUT2D eigenvalue weighted by Gasteiger charge is -2.24. The van der Waals surface area contributed by atoms with Crippen LogP contribution in [0.25, 0.3) is 0 Å². The van der Waals surface area contributed by atoms with Crippen LogP contribution in [0.3, 0.4) is 0 Å². The van der Waals surface area contributed by atoms with Crippen molar-refractivity contribution in [1.82, 2.24) is 9.36 Å². The minimum absolute atomic E-state index is 0.180. The molecular weight excluding hydrogens is 234 g/mol. The van der Waals surface area contributed by atoms with Gasteiger partial charge in [0.15, 0.2) is 0 Å². The number of nitrogens with zero attached hydrogens (tertiary/aromatic N) is 2. The van der Waals surface area contributed by atoms with Gasteiger partial charge in [0.1, 0.15) is 5.82 Å². The maximum atomic E-state index is 8.84. The van der Waals surface area contributed by atoms with Gasteiger partial charge >= 0.3 is 0 Å². The van der Waals surface area contributed by atoms with Gasteiger partial charge < -0.3 is 10.4 Å². The van der Waals surface area contributed by atoms with E-state index in [1.54, 1.807) is 0 Å². The molecule has 0 fully saturated rings. The van der Waals surface area contributed by atoms with Crippen LogP contribution in [0.4, 0.5) is 5.13 Å². The second kappa shape index (κ2) is 6.91. The zero-order valence-electron chi connectivity index (χ0n) is 11.0. The molecule has 1 rings (SSSR count). The first-order valence-corrected chi connectivity index (χ1v) is 7.02. The van der Waals surface area contributed by atoms with Crippen molar-refractivity contribution in [2.45, 2.75) is 46.5 Å². The van der Waals surface area contributed by atoms with Crippen LogP contribution < -0.4 is 5.32 Å². The lowest BCUT2D eigenvalue weighted by Crippen LogP contribution is -2.23. The largest absolute Gasteiger partial charge is 0.396 e. The average Bonchev–Trinajstić information content (AvgIpc) is 2.73. The van der Waals surface area contributed by atoms with Gasteiger partial charge in [-0.15, -0.1) is 0 Å². The summed E-state index contributed by atoms with van der Waals surface area (Å²) in [5, 5.41) is 13.1. The number of aromatic nitrogens is 2. The molecule has 2 N–H and O–H groups in total. The van der Waals surface area contributed by atoms with Crippen LogP contribution in [0.1, 0.15) is 45.9 Å². The quantitative estimate of drug-likeness (QED) is 0.752. The van der Waals surface area contributed by atoms with Crippen molar-refractivity contribution >= 4 is 16.7 Å². The minimum atomic E-state index is 0.180. The molecule has 4 nitrogen and oxygen atoms in total. The number of hydrogen-bond acceptors (Lipinski definition) is 5. The van der Waals surface area contributed by atoms with Gasteiger partial charge in [-0.1, -0.05) is 20.8 Å². The Balaban J connectivity index is 2.37. The maximum Gasteiger partial charge on any atom is 0.202 e. The van der Waals surface area contributed by atoms with Crippen LogP contribution in [0, 0.1) is 5.41 Å². The summed E-state index contributed by atoms with van der Waals surface area (Å²) in [7, 11) is 0. The van der Waals surface area contributed by atoms with E-state index in [1.165, 1.54) is 11.5 Å². The van der Waals surface area contributed by atoms with E-state index in [9.17, 15) is 0 Å². The molecule has 1 aromatic rings. The first kappa shape index (κ1) is 14.4. The van der Waals surface area contributed by atoms with E-state index < -0.39 is 0 Å². The van der Waals surface area contributed by atoms with Crippen LogP contribution >= 0.6 is 11.5 Å². The fraction of sp³-hybridized carbons (Fsp3) is 0.833. The number of nitrogens with one attached hydrogen (secondary N) is 1. The molecular formula is C12H23N3OS. The topological polar surface area (TPSA) is 58.0 Å². The summed E-state index contributed by atoms with van der Waals surface area (Å²) in [6, 6.07) is 0. The molecule has 1 heterocycles. The summed E-state index contributed by atoms with van der Waals surface area (Å²) in [5.41, 5.74) is 0.180. The molecule has 0 bridgehead atoms. The number of rotatable bonds is 8. The third-order valence-corrected chi connectivity index (χ3v) is 3.38. The van der Waals surface area contributed by atoms with Crippen molar-refractivity contribution < 1.29 is 5.11 Å². The molecule has 0 radical (unpaired) electrons. The average molecular weight is 257 g/mol. The lowest BCUT2D eigenvalue weighted by atomic mass is 9.88. The van der Waals surface area contributed by atoms with Crippen LogP contribution in [-0.2, 0) is 6.42 Å². The molecule has 0 aromatic carbocycles. The molecule has 0 saturated heterocycles. The maximum absolute atomic E-state index is 8.84. The van der Waals surface area contributed by atoms with Crippen molar-refractivity contribution in [2.75, 3.05) is 18.5 Å². The summed E-state index contributed by atoms with van der Waals surface area (Å²) in [4.78, 5) is 4.43. The SMILES string of the molecule is CCCc1nsc(NCC(C)(C)CCCO)n1. The van der Waals surface area contributed by atoms with Crippen LogP contribution in [0.15, 0.2) is 0 Å². The van der Waals surface area contributed by atoms with Crippen LogP contribution in [-0.4, -0.2) is 27.6 Å². The fourth-order valence-electron chi connectivity index (χ4n) is 1.61. The van der Waals surface area contributed by atoms with Gasteiger partial charge in [0.2, 0.25) is 5.13 Å². The first-order chi connectivity index (χ1) is 8.07. The standard InChI is InChI=1S/C12H23N3OS/c1-4-6-10-14-11(17-15-10)13-9-12(2,3)7-5-8-16/h16H,4-9H2,1-3H3,(H,13,14,15). The Morgan fingerprint density at radius 3 is 2.82 bits per heavy atom. The van der Waals surface area contributed by atoms with E-state index in [-0.39, 0.29) is 12.0 Å². The van der Waals surface area contributed by atoms with Gasteiger partial charge in [0.25, 0.3) is 0 Å². The third-order valence-electron chi connectivity index (χ3n) is 2.67. The van der Waals surface area contributed by atoms with Crippen molar-refractivity contribution in [3.63, 3.8) is 0 Å². The zero-order valence-corrected chi connectivity index (χ0v) is 11.8. The van der Waals surface area contributed by atoms with Gasteiger partial charge in [-0.25, -0.2) is 4.98 Å². The Morgan fingerprint density at radius 1 is 1.41 bits per heavy atom. The highest BCUT2D eigenvalue weighted by molar-refractivity contribution is 7.09. The number of aryl methyl sites for hydroxylation is 1. The molecule has 5 heteroatoms. The molecule has 0 unspecified atom stereocenters. The Kier molecular flexibility index (Phi) is 5.85. The number of aliphatic hydroxyl groups is 1. The fourth-order valence-corrected chi connectivity index (χ4v) is 2.22. The van der Waals surface area contributed by atoms with E-state index in [0.29, 0.717) is 0 Å². The van der Waals surface area contributed by atoms with Crippen LogP contribution in [0.2, 0.25) is 0 Å². The van der Waals surface area contributed by atoms with Crippen molar-refractivity contribution in [3.05, 3.63) is 5.82 Å². The molecule has 1 aromatic heterocycles. The Hall–Kier alpha value is -0.680. The molecule has 0 atom stereocenters. The molecule has 0 aliphatic heterocycles. The highest BCUT2D eigenvalue weighted by Crippen LogP contribution is 2.23. The molecule has 0 amide bonds. The molecule has 0 spiro atoms. The zero-order chi connectivity index (χ0) is 12.7. The summed E-state index contributed by atoms with van der Waals surface area (Å²) < 4.78 is 4.30. The molecule has 0 aliphatic carbocycles. The minimum Gasteiger partial charge on any atom is -0.396 e. The van der Waals surface area contributed by atoms with E-state index in [1.807, 2.05) is 0 Å². The second-order valence-corrected chi connectivity index (χ2v) is 5.86. The highest BCUT2D eigenvalue weighted by Gasteiger charge is 2.17. The number of aliphatic hydroxyl groups excluding tert-OH is 1. The predicted molar refractivity (Wildman–Crippen MR) is 72.5 cm³/mol. The van der Waals surface area contributed by atoms with Crippen molar-refractivity contribution in [3.8, 4) is 0 Å². The van der Waals surface area contributed by atoms with Gasteiger partial charge in [-0.2, -0.15) is 4.37 Å². The first-order valence-electron chi connectivity index (χ1n) is 6.25. The van der Waals surface area contributed by atoms with Crippen LogP contribution in [0.5, 0.6) is 0 Å². The van der Waals surface area contributed by atoms with E-state index in [4.69, 9.17) is 5.11 Å². The highest BCUT2D eigenvalue weighted by atomic mass is 32.1. The summed E-state index contributed by atoms with van der Waals surface area (Å²) in [6.07, 6.45) is 3.90. The van der Waals surface area contributed by atoms with Gasteiger partial charge in [-0.3, -0.25) is 0 Å². The summed E-state index contributed by atoms with van der Waals surface area (Å²) >= 11 is 1.43. The Bertz CT molecular complexity index is 325. The molecule has 98 valence electrons. The monoisotopic (exact) mass is 257 g/mol. The van der Waals surface area contributed by atoms with Gasteiger partial charge in [-0.05, 0) is 24.7 Å². The van der Waals surface area contributed by atoms with E-state index in [0.717, 1.165) is 43.2 Å². The third kappa shape index (κ3) is 5.46. The van der Waals surface area contributed by atoms with E-state index in [2.05, 4.69) is 35.4 Å². The summed E-state index contributed by atoms with van der Waals surface area (Å²) in [5.74, 6) is 0.938. The molecule has 17 heavy (non-hydrogen) atoms. The lowest BCUT2D eigenvalue weighted by molar-refractivity contribution is 0.248. The number of anilines is 1. The second-order valence-electron chi connectivity index (χ2n) is 5.11.